The Kier molecular flexibility index (Phi) is 7.59. The molecule has 0 aliphatic carbocycles. The zero-order valence-corrected chi connectivity index (χ0v) is 12.1. The van der Waals surface area contributed by atoms with Crippen molar-refractivity contribution < 1.29 is 10.1 Å². The summed E-state index contributed by atoms with van der Waals surface area (Å²) in [6.07, 6.45) is 3.73. The lowest BCUT2D eigenvalue weighted by Gasteiger charge is -2.05. The van der Waals surface area contributed by atoms with E-state index in [2.05, 4.69) is 47.0 Å². The Morgan fingerprint density at radius 1 is 1.12 bits per heavy atom. The van der Waals surface area contributed by atoms with Gasteiger partial charge in [-0.1, -0.05) is 13.3 Å². The van der Waals surface area contributed by atoms with Crippen molar-refractivity contribution in [3.05, 3.63) is 27.8 Å². The predicted octanol–water partition coefficient (Wildman–Crippen LogP) is 2.42. The fourth-order valence-corrected chi connectivity index (χ4v) is 1.80. The summed E-state index contributed by atoms with van der Waals surface area (Å²) in [5, 5.41) is 2.38. The highest BCUT2D eigenvalue weighted by atomic mass is 127. The van der Waals surface area contributed by atoms with E-state index in [9.17, 15) is 0 Å². The quantitative estimate of drug-likeness (QED) is 0.573. The van der Waals surface area contributed by atoms with Crippen molar-refractivity contribution in [2.75, 3.05) is 19.7 Å². The molecule has 0 atom stereocenters. The number of benzene rings is 1. The second-order valence-electron chi connectivity index (χ2n) is 3.88. The van der Waals surface area contributed by atoms with Gasteiger partial charge in [-0.3, -0.25) is 0 Å². The van der Waals surface area contributed by atoms with E-state index in [0.717, 1.165) is 18.8 Å². The number of rotatable bonds is 8. The topological polar surface area (TPSA) is 25.8 Å². The fourth-order valence-electron chi connectivity index (χ4n) is 1.44. The molecule has 0 spiro atoms. The minimum atomic E-state index is 0.823. The Bertz CT molecular complexity index is 274. The SMILES string of the molecule is CCCC[NH2+]CCCOc1ccc(I)cc1. The van der Waals surface area contributed by atoms with Crippen LogP contribution >= 0.6 is 22.6 Å². The van der Waals surface area contributed by atoms with Gasteiger partial charge < -0.3 is 10.1 Å². The molecule has 0 saturated carbocycles. The monoisotopic (exact) mass is 334 g/mol. The van der Waals surface area contributed by atoms with E-state index < -0.39 is 0 Å². The van der Waals surface area contributed by atoms with Crippen molar-refractivity contribution in [2.45, 2.75) is 26.2 Å². The van der Waals surface area contributed by atoms with Gasteiger partial charge >= 0.3 is 0 Å². The number of quaternary nitrogens is 1. The molecule has 2 nitrogen and oxygen atoms in total. The maximum Gasteiger partial charge on any atom is 0.119 e. The first-order valence-electron chi connectivity index (χ1n) is 6.03. The van der Waals surface area contributed by atoms with Crippen LogP contribution in [0.1, 0.15) is 26.2 Å². The molecule has 0 aromatic heterocycles. The molecule has 1 aromatic rings. The first-order valence-corrected chi connectivity index (χ1v) is 7.11. The van der Waals surface area contributed by atoms with Crippen LogP contribution in [0.4, 0.5) is 0 Å². The summed E-state index contributed by atoms with van der Waals surface area (Å²) in [7, 11) is 0. The molecule has 0 aliphatic rings. The Labute approximate surface area is 112 Å². The van der Waals surface area contributed by atoms with E-state index in [0.29, 0.717) is 0 Å². The van der Waals surface area contributed by atoms with Crippen LogP contribution < -0.4 is 10.1 Å². The highest BCUT2D eigenvalue weighted by Gasteiger charge is 1.95. The Hall–Kier alpha value is -0.290. The lowest BCUT2D eigenvalue weighted by molar-refractivity contribution is -0.655. The molecule has 1 aromatic carbocycles. The highest BCUT2D eigenvalue weighted by Crippen LogP contribution is 2.13. The number of hydrogen-bond donors (Lipinski definition) is 1. The van der Waals surface area contributed by atoms with Gasteiger partial charge in [0.15, 0.2) is 0 Å². The molecular formula is C13H21INO+. The van der Waals surface area contributed by atoms with Gasteiger partial charge in [0.05, 0.1) is 19.7 Å². The van der Waals surface area contributed by atoms with E-state index in [-0.39, 0.29) is 0 Å². The lowest BCUT2D eigenvalue weighted by atomic mass is 10.3. The van der Waals surface area contributed by atoms with Gasteiger partial charge in [-0.2, -0.15) is 0 Å². The number of hydrogen-bond acceptors (Lipinski definition) is 1. The second kappa shape index (κ2) is 8.82. The maximum atomic E-state index is 5.64. The van der Waals surface area contributed by atoms with Crippen molar-refractivity contribution in [3.8, 4) is 5.75 Å². The minimum absolute atomic E-state index is 0.823. The molecule has 0 aliphatic heterocycles. The molecule has 0 saturated heterocycles. The Balaban J connectivity index is 2.01. The third-order valence-corrected chi connectivity index (χ3v) is 3.12. The highest BCUT2D eigenvalue weighted by molar-refractivity contribution is 14.1. The Morgan fingerprint density at radius 2 is 1.81 bits per heavy atom. The Morgan fingerprint density at radius 3 is 2.50 bits per heavy atom. The average Bonchev–Trinajstić information content (AvgIpc) is 2.30. The van der Waals surface area contributed by atoms with E-state index in [1.165, 1.54) is 29.5 Å². The van der Waals surface area contributed by atoms with Crippen LogP contribution in [-0.4, -0.2) is 19.7 Å². The summed E-state index contributed by atoms with van der Waals surface area (Å²) in [5.74, 6) is 0.981. The molecule has 90 valence electrons. The van der Waals surface area contributed by atoms with Crippen LogP contribution in [0, 0.1) is 3.57 Å². The molecule has 0 unspecified atom stereocenters. The molecule has 0 fully saturated rings. The lowest BCUT2D eigenvalue weighted by Crippen LogP contribution is -2.84. The summed E-state index contributed by atoms with van der Waals surface area (Å²) in [6.45, 7) is 5.47. The van der Waals surface area contributed by atoms with Gasteiger partial charge in [0.1, 0.15) is 5.75 Å². The second-order valence-corrected chi connectivity index (χ2v) is 5.12. The first-order chi connectivity index (χ1) is 7.83. The van der Waals surface area contributed by atoms with Gasteiger partial charge in [-0.15, -0.1) is 0 Å². The van der Waals surface area contributed by atoms with E-state index in [1.807, 2.05) is 12.1 Å². The molecule has 0 amide bonds. The molecule has 0 radical (unpaired) electrons. The molecule has 16 heavy (non-hydrogen) atoms. The number of ether oxygens (including phenoxy) is 1. The van der Waals surface area contributed by atoms with Gasteiger partial charge in [0, 0.05) is 9.99 Å². The molecule has 3 heteroatoms. The molecule has 1 rings (SSSR count). The van der Waals surface area contributed by atoms with Crippen LogP contribution in [0.5, 0.6) is 5.75 Å². The van der Waals surface area contributed by atoms with Crippen LogP contribution in [0.15, 0.2) is 24.3 Å². The predicted molar refractivity (Wildman–Crippen MR) is 75.8 cm³/mol. The fraction of sp³-hybridized carbons (Fsp3) is 0.538. The van der Waals surface area contributed by atoms with Crippen molar-refractivity contribution >= 4 is 22.6 Å². The van der Waals surface area contributed by atoms with Gasteiger partial charge in [-0.05, 0) is 53.3 Å². The van der Waals surface area contributed by atoms with Crippen LogP contribution in [-0.2, 0) is 0 Å². The first kappa shape index (κ1) is 13.8. The summed E-state index contributed by atoms with van der Waals surface area (Å²) >= 11 is 2.30. The summed E-state index contributed by atoms with van der Waals surface area (Å²) in [6, 6.07) is 8.21. The van der Waals surface area contributed by atoms with Gasteiger partial charge in [0.2, 0.25) is 0 Å². The molecular weight excluding hydrogens is 313 g/mol. The standard InChI is InChI=1S/C13H20INO/c1-2-3-9-15-10-4-11-16-13-7-5-12(14)6-8-13/h5-8,15H,2-4,9-11H2,1H3/p+1. The van der Waals surface area contributed by atoms with Crippen molar-refractivity contribution in [1.82, 2.24) is 0 Å². The van der Waals surface area contributed by atoms with Crippen molar-refractivity contribution in [3.63, 3.8) is 0 Å². The zero-order valence-electron chi connectivity index (χ0n) is 9.92. The minimum Gasteiger partial charge on any atom is -0.493 e. The van der Waals surface area contributed by atoms with Gasteiger partial charge in [0.25, 0.3) is 0 Å². The largest absolute Gasteiger partial charge is 0.493 e. The number of halogens is 1. The van der Waals surface area contributed by atoms with Crippen LogP contribution in [0.3, 0.4) is 0 Å². The normalized spacial score (nSPS) is 10.4. The van der Waals surface area contributed by atoms with E-state index in [4.69, 9.17) is 4.74 Å². The third kappa shape index (κ3) is 6.33. The third-order valence-electron chi connectivity index (χ3n) is 2.40. The summed E-state index contributed by atoms with van der Waals surface area (Å²) in [5.41, 5.74) is 0. The smallest absolute Gasteiger partial charge is 0.119 e. The maximum absolute atomic E-state index is 5.64. The zero-order chi connectivity index (χ0) is 11.6. The van der Waals surface area contributed by atoms with Crippen molar-refractivity contribution in [2.24, 2.45) is 0 Å². The van der Waals surface area contributed by atoms with Crippen molar-refractivity contribution in [1.29, 1.82) is 0 Å². The molecule has 0 heterocycles. The van der Waals surface area contributed by atoms with E-state index in [1.54, 1.807) is 0 Å². The average molecular weight is 334 g/mol. The summed E-state index contributed by atoms with van der Waals surface area (Å²) in [4.78, 5) is 0. The molecule has 2 N–H and O–H groups in total. The van der Waals surface area contributed by atoms with E-state index >= 15 is 0 Å². The van der Waals surface area contributed by atoms with Gasteiger partial charge in [-0.25, -0.2) is 0 Å². The number of unbranched alkanes of at least 4 members (excludes halogenated alkanes) is 1. The number of nitrogens with two attached hydrogens (primary N) is 1. The summed E-state index contributed by atoms with van der Waals surface area (Å²) < 4.78 is 6.89. The molecule has 0 bridgehead atoms. The van der Waals surface area contributed by atoms with Crippen LogP contribution in [0.25, 0.3) is 0 Å². The van der Waals surface area contributed by atoms with Crippen LogP contribution in [0.2, 0.25) is 0 Å².